The minimum atomic E-state index is -0.427. The van der Waals surface area contributed by atoms with E-state index in [4.69, 9.17) is 0 Å². The van der Waals surface area contributed by atoms with Crippen LogP contribution < -0.4 is 0 Å². The molecule has 3 fully saturated rings. The van der Waals surface area contributed by atoms with Crippen molar-refractivity contribution in [2.75, 3.05) is 6.54 Å². The Kier molecular flexibility index (Phi) is 3.27. The van der Waals surface area contributed by atoms with Crippen molar-refractivity contribution in [1.29, 1.82) is 0 Å². The van der Waals surface area contributed by atoms with Gasteiger partial charge < -0.3 is 4.90 Å². The van der Waals surface area contributed by atoms with Crippen LogP contribution in [0.15, 0.2) is 0 Å². The van der Waals surface area contributed by atoms with E-state index in [1.54, 1.807) is 0 Å². The van der Waals surface area contributed by atoms with E-state index in [-0.39, 0.29) is 16.7 Å². The molecule has 0 aromatic carbocycles. The molecule has 3 heteroatoms. The molecule has 21 heavy (non-hydrogen) atoms. The first-order valence-corrected chi connectivity index (χ1v) is 8.64. The number of Topliss-reactive ketones (excluding diaryl/α,β-unsaturated/α-hetero) is 1. The van der Waals surface area contributed by atoms with Gasteiger partial charge in [0.25, 0.3) is 0 Å². The molecule has 3 aliphatic rings. The van der Waals surface area contributed by atoms with Gasteiger partial charge in [0.2, 0.25) is 5.91 Å². The fraction of sp³-hybridized carbons (Fsp3) is 0.889. The van der Waals surface area contributed by atoms with E-state index >= 15 is 0 Å². The highest BCUT2D eigenvalue weighted by Crippen LogP contribution is 2.71. The number of piperidine rings is 1. The number of fused-ring (bicyclic) bond motifs is 2. The standard InChI is InChI=1S/C18H29NO2/c1-5-13-8-6-7-11-19(13)15(21)18-10-9-17(4,14(20)12-18)16(18,2)3/h13H,5-12H2,1-4H3/t13-,17-,18+/m0/s1. The average Bonchev–Trinajstić information content (AvgIpc) is 2.76. The van der Waals surface area contributed by atoms with Gasteiger partial charge in [-0.1, -0.05) is 27.7 Å². The number of nitrogens with zero attached hydrogens (tertiary/aromatic N) is 1. The number of hydrogen-bond donors (Lipinski definition) is 0. The number of likely N-dealkylation sites (tertiary alicyclic amines) is 1. The number of ketones is 1. The van der Waals surface area contributed by atoms with Crippen LogP contribution in [0.3, 0.4) is 0 Å². The van der Waals surface area contributed by atoms with Crippen molar-refractivity contribution >= 4 is 11.7 Å². The predicted octanol–water partition coefficient (Wildman–Crippen LogP) is 3.56. The van der Waals surface area contributed by atoms with Crippen LogP contribution in [-0.4, -0.2) is 29.2 Å². The van der Waals surface area contributed by atoms with Gasteiger partial charge in [-0.15, -0.1) is 0 Å². The highest BCUT2D eigenvalue weighted by atomic mass is 16.2. The Morgan fingerprint density at radius 3 is 2.48 bits per heavy atom. The summed E-state index contributed by atoms with van der Waals surface area (Å²) in [7, 11) is 0. The van der Waals surface area contributed by atoms with Gasteiger partial charge in [0.15, 0.2) is 0 Å². The molecule has 0 spiro atoms. The normalized spacial score (nSPS) is 41.6. The minimum Gasteiger partial charge on any atom is -0.339 e. The van der Waals surface area contributed by atoms with E-state index in [0.717, 1.165) is 38.6 Å². The molecule has 3 nitrogen and oxygen atoms in total. The lowest BCUT2D eigenvalue weighted by Gasteiger charge is -2.45. The first-order chi connectivity index (χ1) is 9.80. The van der Waals surface area contributed by atoms with Crippen molar-refractivity contribution in [2.45, 2.75) is 78.7 Å². The third kappa shape index (κ3) is 1.66. The molecule has 118 valence electrons. The van der Waals surface area contributed by atoms with Gasteiger partial charge in [-0.05, 0) is 43.9 Å². The largest absolute Gasteiger partial charge is 0.339 e. The Hall–Kier alpha value is -0.860. The second kappa shape index (κ2) is 4.57. The maximum atomic E-state index is 13.4. The smallest absolute Gasteiger partial charge is 0.230 e. The Labute approximate surface area is 128 Å². The molecule has 0 aromatic heterocycles. The lowest BCUT2D eigenvalue weighted by atomic mass is 9.64. The SMILES string of the molecule is CC[C@H]1CCCCN1C(=O)[C@@]12CC[C@@](C)(C(=O)C1)C2(C)C. The first-order valence-electron chi connectivity index (χ1n) is 8.64. The summed E-state index contributed by atoms with van der Waals surface area (Å²) in [4.78, 5) is 28.1. The van der Waals surface area contributed by atoms with Crippen LogP contribution in [0.1, 0.15) is 72.6 Å². The second-order valence-corrected chi connectivity index (χ2v) is 8.20. The molecule has 1 saturated heterocycles. The van der Waals surface area contributed by atoms with E-state index in [9.17, 15) is 9.59 Å². The Bertz CT molecular complexity index is 484. The van der Waals surface area contributed by atoms with Crippen molar-refractivity contribution in [3.8, 4) is 0 Å². The van der Waals surface area contributed by atoms with Crippen molar-refractivity contribution in [3.05, 3.63) is 0 Å². The van der Waals surface area contributed by atoms with Crippen LogP contribution in [0.25, 0.3) is 0 Å². The lowest BCUT2D eigenvalue weighted by Crippen LogP contribution is -2.53. The van der Waals surface area contributed by atoms with Gasteiger partial charge in [0, 0.05) is 24.4 Å². The van der Waals surface area contributed by atoms with Gasteiger partial charge in [-0.25, -0.2) is 0 Å². The van der Waals surface area contributed by atoms with Crippen molar-refractivity contribution in [2.24, 2.45) is 16.2 Å². The van der Waals surface area contributed by atoms with Crippen LogP contribution in [0.5, 0.6) is 0 Å². The molecule has 0 radical (unpaired) electrons. The zero-order valence-electron chi connectivity index (χ0n) is 14.0. The van der Waals surface area contributed by atoms with Crippen LogP contribution >= 0.6 is 0 Å². The number of amides is 1. The van der Waals surface area contributed by atoms with E-state index in [1.165, 1.54) is 6.42 Å². The molecule has 3 rings (SSSR count). The summed E-state index contributed by atoms with van der Waals surface area (Å²) < 4.78 is 0. The van der Waals surface area contributed by atoms with E-state index < -0.39 is 5.41 Å². The summed E-state index contributed by atoms with van der Waals surface area (Å²) >= 11 is 0. The van der Waals surface area contributed by atoms with Crippen LogP contribution in [0.4, 0.5) is 0 Å². The van der Waals surface area contributed by atoms with Gasteiger partial charge in [0.05, 0.1) is 5.41 Å². The molecule has 1 amide bonds. The third-order valence-electron chi connectivity index (χ3n) is 7.47. The molecule has 0 unspecified atom stereocenters. The van der Waals surface area contributed by atoms with Gasteiger partial charge >= 0.3 is 0 Å². The third-order valence-corrected chi connectivity index (χ3v) is 7.47. The fourth-order valence-electron chi connectivity index (χ4n) is 5.30. The predicted molar refractivity (Wildman–Crippen MR) is 82.8 cm³/mol. The molecule has 0 aromatic rings. The quantitative estimate of drug-likeness (QED) is 0.780. The molecule has 2 aliphatic carbocycles. The lowest BCUT2D eigenvalue weighted by molar-refractivity contribution is -0.151. The van der Waals surface area contributed by atoms with Crippen molar-refractivity contribution < 1.29 is 9.59 Å². The van der Waals surface area contributed by atoms with Crippen LogP contribution in [0, 0.1) is 16.2 Å². The number of carbonyl (C=O) groups is 2. The fourth-order valence-corrected chi connectivity index (χ4v) is 5.30. The highest BCUT2D eigenvalue weighted by Gasteiger charge is 2.73. The number of carbonyl (C=O) groups excluding carboxylic acids is 2. The van der Waals surface area contributed by atoms with Gasteiger partial charge in [0.1, 0.15) is 5.78 Å². The van der Waals surface area contributed by atoms with E-state index in [0.29, 0.717) is 18.2 Å². The summed E-state index contributed by atoms with van der Waals surface area (Å²) in [5.41, 5.74) is -0.923. The van der Waals surface area contributed by atoms with Crippen LogP contribution in [0.2, 0.25) is 0 Å². The zero-order chi connectivity index (χ0) is 15.5. The number of rotatable bonds is 2. The van der Waals surface area contributed by atoms with Crippen LogP contribution in [-0.2, 0) is 9.59 Å². The molecule has 1 heterocycles. The van der Waals surface area contributed by atoms with Gasteiger partial charge in [-0.2, -0.15) is 0 Å². The molecule has 0 N–H and O–H groups in total. The van der Waals surface area contributed by atoms with Crippen molar-refractivity contribution in [3.63, 3.8) is 0 Å². The summed E-state index contributed by atoms with van der Waals surface area (Å²) in [6, 6.07) is 0.388. The minimum absolute atomic E-state index is 0.204. The van der Waals surface area contributed by atoms with E-state index in [2.05, 4.69) is 32.6 Å². The Morgan fingerprint density at radius 1 is 1.24 bits per heavy atom. The maximum absolute atomic E-state index is 13.4. The summed E-state index contributed by atoms with van der Waals surface area (Å²) in [6.07, 6.45) is 6.77. The number of hydrogen-bond acceptors (Lipinski definition) is 2. The molecule has 2 bridgehead atoms. The Morgan fingerprint density at radius 2 is 1.95 bits per heavy atom. The zero-order valence-corrected chi connectivity index (χ0v) is 14.0. The maximum Gasteiger partial charge on any atom is 0.230 e. The summed E-state index contributed by atoms with van der Waals surface area (Å²) in [5, 5.41) is 0. The highest BCUT2D eigenvalue weighted by molar-refractivity contribution is 5.99. The van der Waals surface area contributed by atoms with E-state index in [1.807, 2.05) is 0 Å². The molecule has 2 saturated carbocycles. The molecule has 1 aliphatic heterocycles. The molecular formula is C18H29NO2. The first kappa shape index (κ1) is 15.1. The average molecular weight is 291 g/mol. The molecular weight excluding hydrogens is 262 g/mol. The summed E-state index contributed by atoms with van der Waals surface area (Å²) in [6.45, 7) is 9.48. The second-order valence-electron chi connectivity index (χ2n) is 8.20. The topological polar surface area (TPSA) is 37.4 Å². The molecule has 3 atom stereocenters. The van der Waals surface area contributed by atoms with Gasteiger partial charge in [-0.3, -0.25) is 9.59 Å². The monoisotopic (exact) mass is 291 g/mol. The Balaban J connectivity index is 1.96. The summed E-state index contributed by atoms with van der Waals surface area (Å²) in [5.74, 6) is 0.603. The van der Waals surface area contributed by atoms with Crippen molar-refractivity contribution in [1.82, 2.24) is 4.90 Å².